The highest BCUT2D eigenvalue weighted by Gasteiger charge is 2.19. The molecule has 0 saturated carbocycles. The van der Waals surface area contributed by atoms with Crippen LogP contribution in [0.5, 0.6) is 0 Å². The summed E-state index contributed by atoms with van der Waals surface area (Å²) in [7, 11) is 0. The fourth-order valence-corrected chi connectivity index (χ4v) is 2.10. The molecule has 0 radical (unpaired) electrons. The van der Waals surface area contributed by atoms with Crippen LogP contribution in [0.3, 0.4) is 0 Å². The van der Waals surface area contributed by atoms with Crippen LogP contribution in [-0.4, -0.2) is 11.5 Å². The minimum Gasteiger partial charge on any atom is -0.444 e. The van der Waals surface area contributed by atoms with Crippen LogP contribution in [0.4, 0.5) is 0 Å². The first kappa shape index (κ1) is 9.60. The predicted octanol–water partition coefficient (Wildman–Crippen LogP) is 2.77. The summed E-state index contributed by atoms with van der Waals surface area (Å²) >= 11 is 0. The second-order valence-corrected chi connectivity index (χ2v) is 4.09. The van der Waals surface area contributed by atoms with E-state index in [1.54, 1.807) is 6.26 Å². The van der Waals surface area contributed by atoms with E-state index in [2.05, 4.69) is 10.3 Å². The third-order valence-electron chi connectivity index (χ3n) is 2.96. The van der Waals surface area contributed by atoms with Crippen LogP contribution in [0.25, 0.3) is 11.5 Å². The van der Waals surface area contributed by atoms with Crippen molar-refractivity contribution in [3.8, 4) is 11.5 Å². The number of rotatable bonds is 2. The standard InChI is InChI=1S/C13H14N2O/c1-2-5-10(6-3-1)13-15-12(9-16-13)11-7-4-8-14-11/h1-3,5-6,9,11,14H,4,7-8H2. The van der Waals surface area contributed by atoms with Gasteiger partial charge in [-0.2, -0.15) is 0 Å². The SMILES string of the molecule is c1ccc(-c2nc(C3CCCN3)co2)cc1. The first-order valence-corrected chi connectivity index (χ1v) is 5.68. The molecule has 1 atom stereocenters. The summed E-state index contributed by atoms with van der Waals surface area (Å²) in [6, 6.07) is 10.4. The zero-order valence-corrected chi connectivity index (χ0v) is 9.02. The van der Waals surface area contributed by atoms with Gasteiger partial charge in [-0.15, -0.1) is 0 Å². The third-order valence-corrected chi connectivity index (χ3v) is 2.96. The van der Waals surface area contributed by atoms with Gasteiger partial charge in [0.05, 0.1) is 11.7 Å². The molecule has 3 rings (SSSR count). The maximum atomic E-state index is 5.51. The summed E-state index contributed by atoms with van der Waals surface area (Å²) in [5.74, 6) is 0.712. The van der Waals surface area contributed by atoms with Gasteiger partial charge in [0.2, 0.25) is 5.89 Å². The van der Waals surface area contributed by atoms with Gasteiger partial charge in [-0.3, -0.25) is 0 Å². The van der Waals surface area contributed by atoms with Crippen molar-refractivity contribution < 1.29 is 4.42 Å². The van der Waals surface area contributed by atoms with Gasteiger partial charge in [0.25, 0.3) is 0 Å². The lowest BCUT2D eigenvalue weighted by Crippen LogP contribution is -2.12. The summed E-state index contributed by atoms with van der Waals surface area (Å²) < 4.78 is 5.51. The Morgan fingerprint density at radius 3 is 2.88 bits per heavy atom. The van der Waals surface area contributed by atoms with Crippen LogP contribution in [0, 0.1) is 0 Å². The highest BCUT2D eigenvalue weighted by molar-refractivity contribution is 5.52. The topological polar surface area (TPSA) is 38.1 Å². The maximum absolute atomic E-state index is 5.51. The summed E-state index contributed by atoms with van der Waals surface area (Å²) in [5, 5.41) is 3.42. The van der Waals surface area contributed by atoms with E-state index in [1.165, 1.54) is 6.42 Å². The van der Waals surface area contributed by atoms with Gasteiger partial charge in [-0.05, 0) is 31.5 Å². The van der Waals surface area contributed by atoms with Crippen LogP contribution in [0.2, 0.25) is 0 Å². The first-order valence-electron chi connectivity index (χ1n) is 5.68. The molecular weight excluding hydrogens is 200 g/mol. The summed E-state index contributed by atoms with van der Waals surface area (Å²) in [6.07, 6.45) is 4.14. The van der Waals surface area contributed by atoms with Crippen LogP contribution >= 0.6 is 0 Å². The quantitative estimate of drug-likeness (QED) is 0.835. The van der Waals surface area contributed by atoms with Gasteiger partial charge in [0, 0.05) is 5.56 Å². The van der Waals surface area contributed by atoms with Crippen molar-refractivity contribution in [3.63, 3.8) is 0 Å². The van der Waals surface area contributed by atoms with Crippen molar-refractivity contribution in [2.45, 2.75) is 18.9 Å². The molecule has 1 saturated heterocycles. The highest BCUT2D eigenvalue weighted by Crippen LogP contribution is 2.25. The minimum atomic E-state index is 0.376. The Morgan fingerprint density at radius 1 is 1.25 bits per heavy atom. The fourth-order valence-electron chi connectivity index (χ4n) is 2.10. The molecule has 1 fully saturated rings. The number of benzene rings is 1. The lowest BCUT2D eigenvalue weighted by Gasteiger charge is -2.03. The Hall–Kier alpha value is -1.61. The number of oxazole rings is 1. The molecule has 3 heteroatoms. The molecule has 1 aromatic carbocycles. The van der Waals surface area contributed by atoms with Gasteiger partial charge in [0.15, 0.2) is 0 Å². The van der Waals surface area contributed by atoms with Crippen molar-refractivity contribution in [1.82, 2.24) is 10.3 Å². The molecule has 82 valence electrons. The van der Waals surface area contributed by atoms with Crippen LogP contribution in [0.15, 0.2) is 41.0 Å². The van der Waals surface area contributed by atoms with E-state index in [4.69, 9.17) is 4.42 Å². The van der Waals surface area contributed by atoms with E-state index in [0.29, 0.717) is 11.9 Å². The molecule has 1 unspecified atom stereocenters. The second kappa shape index (κ2) is 4.10. The second-order valence-electron chi connectivity index (χ2n) is 4.09. The molecule has 0 bridgehead atoms. The Balaban J connectivity index is 1.87. The number of nitrogens with zero attached hydrogens (tertiary/aromatic N) is 1. The zero-order chi connectivity index (χ0) is 10.8. The van der Waals surface area contributed by atoms with Gasteiger partial charge in [0.1, 0.15) is 6.26 Å². The maximum Gasteiger partial charge on any atom is 0.226 e. The number of hydrogen-bond acceptors (Lipinski definition) is 3. The van der Waals surface area contributed by atoms with Crippen LogP contribution in [-0.2, 0) is 0 Å². The Labute approximate surface area is 94.5 Å². The minimum absolute atomic E-state index is 0.376. The smallest absolute Gasteiger partial charge is 0.226 e. The summed E-state index contributed by atoms with van der Waals surface area (Å²) in [4.78, 5) is 4.53. The molecule has 1 aromatic heterocycles. The zero-order valence-electron chi connectivity index (χ0n) is 9.02. The highest BCUT2D eigenvalue weighted by atomic mass is 16.3. The largest absolute Gasteiger partial charge is 0.444 e. The van der Waals surface area contributed by atoms with E-state index >= 15 is 0 Å². The normalized spacial score (nSPS) is 20.1. The average Bonchev–Trinajstić information content (AvgIpc) is 3.01. The Morgan fingerprint density at radius 2 is 2.12 bits per heavy atom. The molecule has 0 aliphatic carbocycles. The lowest BCUT2D eigenvalue weighted by molar-refractivity contribution is 0.563. The Bertz CT molecular complexity index is 458. The van der Waals surface area contributed by atoms with Gasteiger partial charge < -0.3 is 9.73 Å². The van der Waals surface area contributed by atoms with E-state index in [0.717, 1.165) is 24.2 Å². The molecule has 2 aromatic rings. The molecule has 2 heterocycles. The molecule has 1 aliphatic rings. The van der Waals surface area contributed by atoms with E-state index < -0.39 is 0 Å². The molecule has 1 aliphatic heterocycles. The fraction of sp³-hybridized carbons (Fsp3) is 0.308. The monoisotopic (exact) mass is 214 g/mol. The number of nitrogens with one attached hydrogen (secondary N) is 1. The van der Waals surface area contributed by atoms with Crippen molar-refractivity contribution in [2.75, 3.05) is 6.54 Å². The molecular formula is C13H14N2O. The van der Waals surface area contributed by atoms with E-state index in [-0.39, 0.29) is 0 Å². The van der Waals surface area contributed by atoms with Crippen molar-refractivity contribution in [2.24, 2.45) is 0 Å². The number of aromatic nitrogens is 1. The van der Waals surface area contributed by atoms with Gasteiger partial charge >= 0.3 is 0 Å². The van der Waals surface area contributed by atoms with E-state index in [1.807, 2.05) is 30.3 Å². The molecule has 0 spiro atoms. The molecule has 3 nitrogen and oxygen atoms in total. The van der Waals surface area contributed by atoms with Crippen molar-refractivity contribution in [3.05, 3.63) is 42.3 Å². The van der Waals surface area contributed by atoms with Gasteiger partial charge in [-0.25, -0.2) is 4.98 Å². The third kappa shape index (κ3) is 1.74. The first-order chi connectivity index (χ1) is 7.93. The molecule has 0 amide bonds. The summed E-state index contributed by atoms with van der Waals surface area (Å²) in [5.41, 5.74) is 2.06. The van der Waals surface area contributed by atoms with Crippen molar-refractivity contribution in [1.29, 1.82) is 0 Å². The average molecular weight is 214 g/mol. The van der Waals surface area contributed by atoms with Crippen LogP contribution < -0.4 is 5.32 Å². The van der Waals surface area contributed by atoms with Gasteiger partial charge in [-0.1, -0.05) is 18.2 Å². The predicted molar refractivity (Wildman–Crippen MR) is 61.9 cm³/mol. The molecule has 1 N–H and O–H groups in total. The lowest BCUT2D eigenvalue weighted by atomic mass is 10.2. The number of hydrogen-bond donors (Lipinski definition) is 1. The molecule has 16 heavy (non-hydrogen) atoms. The van der Waals surface area contributed by atoms with E-state index in [9.17, 15) is 0 Å². The summed E-state index contributed by atoms with van der Waals surface area (Å²) in [6.45, 7) is 1.08. The Kier molecular flexibility index (Phi) is 2.46. The van der Waals surface area contributed by atoms with Crippen molar-refractivity contribution >= 4 is 0 Å². The van der Waals surface area contributed by atoms with Crippen LogP contribution in [0.1, 0.15) is 24.6 Å².